The number of nitro benzene ring substituents is 1. The Kier molecular flexibility index (Phi) is 7.57. The average molecular weight is 469 g/mol. The predicted octanol–water partition coefficient (Wildman–Crippen LogP) is 3.97. The first-order valence-electron chi connectivity index (χ1n) is 10.3. The summed E-state index contributed by atoms with van der Waals surface area (Å²) in [6, 6.07) is 14.1. The molecule has 0 spiro atoms. The van der Waals surface area contributed by atoms with Crippen molar-refractivity contribution >= 4 is 27.8 Å². The Labute approximate surface area is 192 Å². The topological polar surface area (TPSA) is 107 Å². The molecule has 0 bridgehead atoms. The highest BCUT2D eigenvalue weighted by Crippen LogP contribution is 2.32. The van der Waals surface area contributed by atoms with Gasteiger partial charge in [0.25, 0.3) is 5.69 Å². The third-order valence-corrected chi connectivity index (χ3v) is 7.04. The van der Waals surface area contributed by atoms with E-state index < -0.39 is 26.8 Å². The number of ether oxygens (including phenoxy) is 1. The summed E-state index contributed by atoms with van der Waals surface area (Å²) in [6.07, 6.45) is 5.04. The van der Waals surface area contributed by atoms with Crippen LogP contribution >= 0.6 is 0 Å². The molecule has 0 N–H and O–H groups in total. The van der Waals surface area contributed by atoms with Crippen molar-refractivity contribution in [2.75, 3.05) is 19.7 Å². The van der Waals surface area contributed by atoms with Crippen molar-refractivity contribution in [1.82, 2.24) is 4.31 Å². The summed E-state index contributed by atoms with van der Waals surface area (Å²) in [6.45, 7) is 5.70. The number of carbonyl (C=O) groups excluding carboxylic acids is 1. The molecular weight excluding hydrogens is 444 g/mol. The van der Waals surface area contributed by atoms with Crippen molar-refractivity contribution in [2.24, 2.45) is 5.92 Å². The van der Waals surface area contributed by atoms with Crippen LogP contribution in [0.15, 0.2) is 89.4 Å². The minimum atomic E-state index is -3.95. The lowest BCUT2D eigenvalue weighted by molar-refractivity contribution is -0.384. The first-order chi connectivity index (χ1) is 15.8. The van der Waals surface area contributed by atoms with Gasteiger partial charge < -0.3 is 4.74 Å². The van der Waals surface area contributed by atoms with Crippen molar-refractivity contribution in [3.8, 4) is 0 Å². The Hall–Kier alpha value is -3.56. The molecule has 0 saturated carbocycles. The molecule has 1 aliphatic rings. The molecule has 33 heavy (non-hydrogen) atoms. The Bertz CT molecular complexity index is 1200. The lowest BCUT2D eigenvalue weighted by atomic mass is 9.94. The average Bonchev–Trinajstić information content (AvgIpc) is 3.25. The summed E-state index contributed by atoms with van der Waals surface area (Å²) in [4.78, 5) is 23.0. The molecule has 172 valence electrons. The highest BCUT2D eigenvalue weighted by molar-refractivity contribution is 7.89. The van der Waals surface area contributed by atoms with Crippen molar-refractivity contribution in [2.45, 2.75) is 11.8 Å². The SMILES string of the molecule is C=CC1=C([C@H](/C=C/c2ccccc2)C(=O)OCC)CN(S(=O)(=O)c2ccc([N+](=O)[O-])cc2)C1. The minimum Gasteiger partial charge on any atom is -0.465 e. The van der Waals surface area contributed by atoms with Gasteiger partial charge in [-0.2, -0.15) is 4.31 Å². The van der Waals surface area contributed by atoms with Gasteiger partial charge in [-0.05, 0) is 35.8 Å². The van der Waals surface area contributed by atoms with Crippen LogP contribution < -0.4 is 0 Å². The quantitative estimate of drug-likeness (QED) is 0.313. The van der Waals surface area contributed by atoms with Crippen LogP contribution in [-0.2, 0) is 19.6 Å². The van der Waals surface area contributed by atoms with E-state index in [0.717, 1.165) is 17.7 Å². The highest BCUT2D eigenvalue weighted by atomic mass is 32.2. The second-order valence-electron chi connectivity index (χ2n) is 7.28. The van der Waals surface area contributed by atoms with Crippen molar-refractivity contribution < 1.29 is 22.9 Å². The standard InChI is InChI=1S/C24H24N2O6S/c1-3-19-16-25(33(30,31)21-13-11-20(12-14-21)26(28)29)17-23(19)22(24(27)32-4-2)15-10-18-8-6-5-7-9-18/h3,5-15,22H,1,4,16-17H2,2H3/b15-10+/t22-/m0/s1. The molecule has 0 unspecified atom stereocenters. The normalized spacial score (nSPS) is 15.5. The van der Waals surface area contributed by atoms with Crippen molar-refractivity contribution in [3.63, 3.8) is 0 Å². The molecular formula is C24H24N2O6S. The molecule has 2 aromatic carbocycles. The molecule has 0 fully saturated rings. The van der Waals surface area contributed by atoms with Gasteiger partial charge in [0, 0.05) is 25.2 Å². The molecule has 2 aromatic rings. The van der Waals surface area contributed by atoms with Crippen LogP contribution in [-0.4, -0.2) is 43.3 Å². The fraction of sp³-hybridized carbons (Fsp3) is 0.208. The van der Waals surface area contributed by atoms with Gasteiger partial charge in [-0.25, -0.2) is 8.42 Å². The van der Waals surface area contributed by atoms with Crippen LogP contribution in [0, 0.1) is 16.0 Å². The molecule has 0 aromatic heterocycles. The van der Waals surface area contributed by atoms with Crippen molar-refractivity contribution in [3.05, 3.63) is 100 Å². The minimum absolute atomic E-state index is 0.0245. The van der Waals surface area contributed by atoms with Gasteiger partial charge in [0.15, 0.2) is 0 Å². The Morgan fingerprint density at radius 3 is 2.42 bits per heavy atom. The number of rotatable bonds is 9. The van der Waals surface area contributed by atoms with Gasteiger partial charge in [-0.15, -0.1) is 0 Å². The van der Waals surface area contributed by atoms with Crippen LogP contribution in [0.25, 0.3) is 6.08 Å². The first kappa shape index (κ1) is 24.1. The smallest absolute Gasteiger partial charge is 0.317 e. The summed E-state index contributed by atoms with van der Waals surface area (Å²) < 4.78 is 32.8. The summed E-state index contributed by atoms with van der Waals surface area (Å²) in [5, 5.41) is 10.9. The van der Waals surface area contributed by atoms with Crippen LogP contribution in [0.3, 0.4) is 0 Å². The molecule has 0 radical (unpaired) electrons. The largest absolute Gasteiger partial charge is 0.465 e. The Morgan fingerprint density at radius 2 is 1.85 bits per heavy atom. The number of sulfonamides is 1. The number of benzene rings is 2. The van der Waals surface area contributed by atoms with E-state index in [2.05, 4.69) is 6.58 Å². The highest BCUT2D eigenvalue weighted by Gasteiger charge is 2.36. The van der Waals surface area contributed by atoms with Gasteiger partial charge in [-0.3, -0.25) is 14.9 Å². The Balaban J connectivity index is 1.91. The van der Waals surface area contributed by atoms with Gasteiger partial charge in [0.1, 0.15) is 0 Å². The number of hydrogen-bond donors (Lipinski definition) is 0. The maximum Gasteiger partial charge on any atom is 0.317 e. The Morgan fingerprint density at radius 1 is 1.18 bits per heavy atom. The molecule has 0 amide bonds. The number of nitrogens with zero attached hydrogens (tertiary/aromatic N) is 2. The van der Waals surface area contributed by atoms with E-state index >= 15 is 0 Å². The van der Waals surface area contributed by atoms with Crippen LogP contribution in [0.5, 0.6) is 0 Å². The van der Waals surface area contributed by atoms with E-state index in [0.29, 0.717) is 11.1 Å². The van der Waals surface area contributed by atoms with Gasteiger partial charge in [0.2, 0.25) is 10.0 Å². The zero-order valence-corrected chi connectivity index (χ0v) is 18.9. The number of hydrogen-bond acceptors (Lipinski definition) is 6. The molecule has 8 nitrogen and oxygen atoms in total. The molecule has 1 heterocycles. The van der Waals surface area contributed by atoms with E-state index in [1.807, 2.05) is 30.3 Å². The summed E-state index contributed by atoms with van der Waals surface area (Å²) in [7, 11) is -3.95. The number of esters is 1. The molecule has 0 aliphatic carbocycles. The zero-order valence-electron chi connectivity index (χ0n) is 18.1. The fourth-order valence-electron chi connectivity index (χ4n) is 3.53. The number of non-ortho nitro benzene ring substituents is 1. The predicted molar refractivity (Wildman–Crippen MR) is 125 cm³/mol. The first-order valence-corrected chi connectivity index (χ1v) is 11.7. The second-order valence-corrected chi connectivity index (χ2v) is 9.22. The van der Waals surface area contributed by atoms with Crippen LogP contribution in [0.4, 0.5) is 5.69 Å². The molecule has 3 rings (SSSR count). The summed E-state index contributed by atoms with van der Waals surface area (Å²) in [5.41, 5.74) is 1.90. The molecule has 1 aliphatic heterocycles. The van der Waals surface area contributed by atoms with E-state index in [1.165, 1.54) is 16.4 Å². The van der Waals surface area contributed by atoms with Gasteiger partial charge in [0.05, 0.1) is 22.3 Å². The van der Waals surface area contributed by atoms with E-state index in [9.17, 15) is 23.3 Å². The number of carbonyl (C=O) groups is 1. The maximum absolute atomic E-state index is 13.2. The molecule has 1 atom stereocenters. The molecule has 9 heteroatoms. The van der Waals surface area contributed by atoms with Gasteiger partial charge >= 0.3 is 5.97 Å². The third kappa shape index (κ3) is 5.44. The van der Waals surface area contributed by atoms with Gasteiger partial charge in [-0.1, -0.05) is 55.1 Å². The maximum atomic E-state index is 13.2. The van der Waals surface area contributed by atoms with E-state index in [4.69, 9.17) is 4.74 Å². The fourth-order valence-corrected chi connectivity index (χ4v) is 4.93. The summed E-state index contributed by atoms with van der Waals surface area (Å²) >= 11 is 0. The zero-order chi connectivity index (χ0) is 24.0. The van der Waals surface area contributed by atoms with E-state index in [-0.39, 0.29) is 30.3 Å². The van der Waals surface area contributed by atoms with E-state index in [1.54, 1.807) is 25.2 Å². The second kappa shape index (κ2) is 10.4. The number of nitro groups is 1. The van der Waals surface area contributed by atoms with Crippen LogP contribution in [0.1, 0.15) is 12.5 Å². The monoisotopic (exact) mass is 468 g/mol. The van der Waals surface area contributed by atoms with Crippen molar-refractivity contribution in [1.29, 1.82) is 0 Å². The van der Waals surface area contributed by atoms with Crippen LogP contribution in [0.2, 0.25) is 0 Å². The summed E-state index contributed by atoms with van der Waals surface area (Å²) in [5.74, 6) is -1.26. The lowest BCUT2D eigenvalue weighted by Gasteiger charge is -2.18. The third-order valence-electron chi connectivity index (χ3n) is 5.23. The molecule has 0 saturated heterocycles. The lowest BCUT2D eigenvalue weighted by Crippen LogP contribution is -2.31.